The molecule has 0 aromatic carbocycles. The predicted octanol–water partition coefficient (Wildman–Crippen LogP) is 1.60. The van der Waals surface area contributed by atoms with Gasteiger partial charge in [0, 0.05) is 6.54 Å². The largest absolute Gasteiger partial charge is 0.444 e. The highest BCUT2D eigenvalue weighted by Crippen LogP contribution is 2.06. The van der Waals surface area contributed by atoms with Gasteiger partial charge in [-0.05, 0) is 39.0 Å². The first-order valence-corrected chi connectivity index (χ1v) is 5.59. The molecule has 0 atom stereocenters. The van der Waals surface area contributed by atoms with Gasteiger partial charge in [-0.3, -0.25) is 0 Å². The fourth-order valence-electron chi connectivity index (χ4n) is 1.08. The zero-order valence-electron chi connectivity index (χ0n) is 10.8. The highest BCUT2D eigenvalue weighted by Gasteiger charge is 2.14. The first-order chi connectivity index (χ1) is 8.37. The van der Waals surface area contributed by atoms with Crippen LogP contribution in [0.5, 0.6) is 0 Å². The van der Waals surface area contributed by atoms with E-state index in [0.29, 0.717) is 18.1 Å². The lowest BCUT2D eigenvalue weighted by atomic mass is 10.2. The van der Waals surface area contributed by atoms with E-state index in [0.717, 1.165) is 0 Å². The molecule has 0 spiro atoms. The topological polar surface area (TPSA) is 90.1 Å². The van der Waals surface area contributed by atoms with E-state index in [9.17, 15) is 4.79 Å². The van der Waals surface area contributed by atoms with Crippen molar-refractivity contribution < 1.29 is 9.53 Å². The molecule has 6 nitrogen and oxygen atoms in total. The molecule has 1 rings (SSSR count). The summed E-state index contributed by atoms with van der Waals surface area (Å²) in [7, 11) is 0. The number of nitrogens with two attached hydrogens (primary N) is 1. The summed E-state index contributed by atoms with van der Waals surface area (Å²) in [5, 5.41) is 10.2. The number of hydrogen-bond acceptors (Lipinski definition) is 5. The second-order valence-electron chi connectivity index (χ2n) is 4.67. The van der Waals surface area contributed by atoms with E-state index >= 15 is 0 Å². The number of carbonyl (C=O) groups excluding carboxylic acids is 1. The Morgan fingerprint density at radius 1 is 1.44 bits per heavy atom. The molecule has 0 aliphatic rings. The standard InChI is InChI=1S/C12H18N4O2/c1-12(2,3)18-11(17)14-8-4-5-9-6-7-10(13)16-15-9/h4-7H,8H2,1-3H3,(H2,13,16)(H,14,17). The molecule has 98 valence electrons. The van der Waals surface area contributed by atoms with Gasteiger partial charge in [-0.1, -0.05) is 6.08 Å². The van der Waals surface area contributed by atoms with E-state index in [1.165, 1.54) is 0 Å². The molecule has 0 unspecified atom stereocenters. The number of aromatic nitrogens is 2. The quantitative estimate of drug-likeness (QED) is 0.850. The number of amides is 1. The fourth-order valence-corrected chi connectivity index (χ4v) is 1.08. The minimum Gasteiger partial charge on any atom is -0.444 e. The van der Waals surface area contributed by atoms with Crippen molar-refractivity contribution in [1.29, 1.82) is 0 Å². The lowest BCUT2D eigenvalue weighted by Crippen LogP contribution is -2.32. The summed E-state index contributed by atoms with van der Waals surface area (Å²) in [4.78, 5) is 11.3. The number of carbonyl (C=O) groups is 1. The average Bonchev–Trinajstić information content (AvgIpc) is 2.24. The Bertz CT molecular complexity index is 421. The Morgan fingerprint density at radius 3 is 2.72 bits per heavy atom. The lowest BCUT2D eigenvalue weighted by Gasteiger charge is -2.19. The van der Waals surface area contributed by atoms with Crippen molar-refractivity contribution in [3.05, 3.63) is 23.9 Å². The molecule has 3 N–H and O–H groups in total. The summed E-state index contributed by atoms with van der Waals surface area (Å²) >= 11 is 0. The molecule has 0 radical (unpaired) electrons. The van der Waals surface area contributed by atoms with Crippen LogP contribution in [0, 0.1) is 0 Å². The van der Waals surface area contributed by atoms with Crippen LogP contribution >= 0.6 is 0 Å². The molecule has 0 aliphatic carbocycles. The third kappa shape index (κ3) is 5.83. The summed E-state index contributed by atoms with van der Waals surface area (Å²) in [6.07, 6.45) is 3.05. The molecular weight excluding hydrogens is 232 g/mol. The maximum absolute atomic E-state index is 11.3. The SMILES string of the molecule is CC(C)(C)OC(=O)NCC=Cc1ccc(N)nn1. The highest BCUT2D eigenvalue weighted by molar-refractivity contribution is 5.68. The van der Waals surface area contributed by atoms with E-state index in [1.54, 1.807) is 24.3 Å². The summed E-state index contributed by atoms with van der Waals surface area (Å²) in [5.74, 6) is 0.374. The molecule has 1 heterocycles. The normalized spacial score (nSPS) is 11.5. The highest BCUT2D eigenvalue weighted by atomic mass is 16.6. The average molecular weight is 250 g/mol. The van der Waals surface area contributed by atoms with Crippen LogP contribution in [0.25, 0.3) is 6.08 Å². The number of alkyl carbamates (subject to hydrolysis) is 1. The molecule has 1 aromatic rings. The van der Waals surface area contributed by atoms with Crippen LogP contribution in [0.3, 0.4) is 0 Å². The van der Waals surface area contributed by atoms with Crippen molar-refractivity contribution in [2.45, 2.75) is 26.4 Å². The zero-order chi connectivity index (χ0) is 13.6. The van der Waals surface area contributed by atoms with Crippen molar-refractivity contribution in [3.8, 4) is 0 Å². The van der Waals surface area contributed by atoms with E-state index in [4.69, 9.17) is 10.5 Å². The van der Waals surface area contributed by atoms with Gasteiger partial charge >= 0.3 is 6.09 Å². The summed E-state index contributed by atoms with van der Waals surface area (Å²) in [6, 6.07) is 3.40. The first kappa shape index (κ1) is 14.0. The van der Waals surface area contributed by atoms with Crippen LogP contribution in [-0.2, 0) is 4.74 Å². The Morgan fingerprint density at radius 2 is 2.17 bits per heavy atom. The van der Waals surface area contributed by atoms with Crippen LogP contribution in [0.2, 0.25) is 0 Å². The van der Waals surface area contributed by atoms with Crippen molar-refractivity contribution in [3.63, 3.8) is 0 Å². The summed E-state index contributed by atoms with van der Waals surface area (Å²) < 4.78 is 5.08. The molecule has 0 bridgehead atoms. The number of rotatable bonds is 3. The molecule has 18 heavy (non-hydrogen) atoms. The molecular formula is C12H18N4O2. The first-order valence-electron chi connectivity index (χ1n) is 5.59. The van der Waals surface area contributed by atoms with Crippen LogP contribution in [-0.4, -0.2) is 28.4 Å². The maximum atomic E-state index is 11.3. The van der Waals surface area contributed by atoms with Gasteiger partial charge in [0.2, 0.25) is 0 Å². The van der Waals surface area contributed by atoms with Crippen LogP contribution in [0.1, 0.15) is 26.5 Å². The van der Waals surface area contributed by atoms with E-state index in [1.807, 2.05) is 20.8 Å². The van der Waals surface area contributed by atoms with Crippen molar-refractivity contribution in [1.82, 2.24) is 15.5 Å². The molecule has 0 saturated carbocycles. The molecule has 1 amide bonds. The maximum Gasteiger partial charge on any atom is 0.407 e. The number of nitrogen functional groups attached to an aromatic ring is 1. The zero-order valence-corrected chi connectivity index (χ0v) is 10.8. The van der Waals surface area contributed by atoms with Gasteiger partial charge in [0.25, 0.3) is 0 Å². The fraction of sp³-hybridized carbons (Fsp3) is 0.417. The van der Waals surface area contributed by atoms with Crippen LogP contribution < -0.4 is 11.1 Å². The van der Waals surface area contributed by atoms with E-state index in [-0.39, 0.29) is 0 Å². The van der Waals surface area contributed by atoms with Crippen molar-refractivity contribution in [2.24, 2.45) is 0 Å². The van der Waals surface area contributed by atoms with Gasteiger partial charge in [0.05, 0.1) is 5.69 Å². The van der Waals surface area contributed by atoms with Gasteiger partial charge in [-0.15, -0.1) is 10.2 Å². The summed E-state index contributed by atoms with van der Waals surface area (Å²) in [6.45, 7) is 5.80. The van der Waals surface area contributed by atoms with E-state index < -0.39 is 11.7 Å². The minimum absolute atomic E-state index is 0.362. The van der Waals surface area contributed by atoms with E-state index in [2.05, 4.69) is 15.5 Å². The van der Waals surface area contributed by atoms with Crippen molar-refractivity contribution >= 4 is 18.0 Å². The number of nitrogens with zero attached hydrogens (tertiary/aromatic N) is 2. The van der Waals surface area contributed by atoms with Crippen molar-refractivity contribution in [2.75, 3.05) is 12.3 Å². The Labute approximate surface area is 106 Å². The third-order valence-corrected chi connectivity index (χ3v) is 1.76. The molecule has 0 fully saturated rings. The number of nitrogens with one attached hydrogen (secondary N) is 1. The second kappa shape index (κ2) is 6.00. The van der Waals surface area contributed by atoms with Gasteiger partial charge in [-0.2, -0.15) is 0 Å². The molecule has 0 saturated heterocycles. The van der Waals surface area contributed by atoms with Gasteiger partial charge in [0.1, 0.15) is 11.4 Å². The monoisotopic (exact) mass is 250 g/mol. The third-order valence-electron chi connectivity index (χ3n) is 1.76. The smallest absolute Gasteiger partial charge is 0.407 e. The van der Waals surface area contributed by atoms with Gasteiger partial charge < -0.3 is 15.8 Å². The Balaban J connectivity index is 2.33. The molecule has 0 aliphatic heterocycles. The van der Waals surface area contributed by atoms with Crippen LogP contribution in [0.4, 0.5) is 10.6 Å². The predicted molar refractivity (Wildman–Crippen MR) is 69.7 cm³/mol. The van der Waals surface area contributed by atoms with Gasteiger partial charge in [-0.25, -0.2) is 4.79 Å². The summed E-state index contributed by atoms with van der Waals surface area (Å²) in [5.41, 5.74) is 5.59. The number of anilines is 1. The second-order valence-corrected chi connectivity index (χ2v) is 4.67. The number of ether oxygens (including phenoxy) is 1. The number of hydrogen-bond donors (Lipinski definition) is 2. The minimum atomic E-state index is -0.490. The molecule has 1 aromatic heterocycles. The lowest BCUT2D eigenvalue weighted by molar-refractivity contribution is 0.0534. The Hall–Kier alpha value is -2.11. The molecule has 6 heteroatoms. The Kier molecular flexibility index (Phi) is 4.65. The van der Waals surface area contributed by atoms with Gasteiger partial charge in [0.15, 0.2) is 0 Å². The van der Waals surface area contributed by atoms with Crippen LogP contribution in [0.15, 0.2) is 18.2 Å².